The minimum atomic E-state index is -4.40. The van der Waals surface area contributed by atoms with Gasteiger partial charge in [0.15, 0.2) is 14.6 Å². The van der Waals surface area contributed by atoms with Gasteiger partial charge in [-0.3, -0.25) is 0 Å². The van der Waals surface area contributed by atoms with Crippen LogP contribution in [-0.4, -0.2) is 39.9 Å². The van der Waals surface area contributed by atoms with Crippen LogP contribution in [0.3, 0.4) is 0 Å². The molecule has 6 nitrogen and oxygen atoms in total. The van der Waals surface area contributed by atoms with Crippen molar-refractivity contribution < 1.29 is 21.8 Å². The maximum atomic E-state index is 14.7. The third-order valence-corrected chi connectivity index (χ3v) is 9.66. The summed E-state index contributed by atoms with van der Waals surface area (Å²) in [4.78, 5) is 4.06. The van der Waals surface area contributed by atoms with Gasteiger partial charge in [0.2, 0.25) is 0 Å². The lowest BCUT2D eigenvalue weighted by molar-refractivity contribution is 0.382. The molecule has 1 heterocycles. The van der Waals surface area contributed by atoms with E-state index in [4.69, 9.17) is 0 Å². The fourth-order valence-corrected chi connectivity index (χ4v) is 6.56. The second kappa shape index (κ2) is 8.38. The molecule has 3 atom stereocenters. The summed E-state index contributed by atoms with van der Waals surface area (Å²) in [5, 5.41) is 9.55. The summed E-state index contributed by atoms with van der Waals surface area (Å²) in [6.07, 6.45) is 0.858. The minimum Gasteiger partial charge on any atom is -0.598 e. The number of rotatable bonds is 8. The number of pyridine rings is 1. The Balaban J connectivity index is 2.59. The summed E-state index contributed by atoms with van der Waals surface area (Å²) in [6, 6.07) is 4.11. The smallest absolute Gasteiger partial charge is 0.189 e. The zero-order valence-electron chi connectivity index (χ0n) is 16.6. The van der Waals surface area contributed by atoms with Crippen molar-refractivity contribution in [1.29, 1.82) is 5.26 Å². The molecule has 1 fully saturated rings. The Morgan fingerprint density at radius 2 is 1.97 bits per heavy atom. The summed E-state index contributed by atoms with van der Waals surface area (Å²) in [7, 11) is -4.40. The molecular weight excluding hydrogens is 488 g/mol. The predicted molar refractivity (Wildman–Crippen MR) is 111 cm³/mol. The predicted octanol–water partition coefficient (Wildman–Crippen LogP) is 3.31. The Labute approximate surface area is 181 Å². The molecule has 1 N–H and O–H groups in total. The lowest BCUT2D eigenvalue weighted by atomic mass is 10.0. The minimum absolute atomic E-state index is 0.250. The Bertz CT molecular complexity index is 916. The van der Waals surface area contributed by atoms with E-state index < -0.39 is 60.4 Å². The molecular formula is C18H24BrF2N3O3S2. The molecule has 0 saturated heterocycles. The quantitative estimate of drug-likeness (QED) is 0.423. The van der Waals surface area contributed by atoms with Crippen molar-refractivity contribution in [3.63, 3.8) is 0 Å². The highest BCUT2D eigenvalue weighted by Crippen LogP contribution is 2.46. The van der Waals surface area contributed by atoms with Gasteiger partial charge in [0, 0.05) is 11.4 Å². The van der Waals surface area contributed by atoms with E-state index in [9.17, 15) is 27.0 Å². The van der Waals surface area contributed by atoms with Gasteiger partial charge in [0.25, 0.3) is 0 Å². The van der Waals surface area contributed by atoms with Crippen LogP contribution in [0, 0.1) is 23.1 Å². The molecule has 2 rings (SSSR count). The van der Waals surface area contributed by atoms with E-state index >= 15 is 0 Å². The molecule has 11 heteroatoms. The maximum Gasteiger partial charge on any atom is 0.189 e. The van der Waals surface area contributed by atoms with E-state index in [1.807, 2.05) is 0 Å². The van der Waals surface area contributed by atoms with Gasteiger partial charge in [-0.1, -0.05) is 0 Å². The first-order valence-corrected chi connectivity index (χ1v) is 12.5. The number of nitrogens with one attached hydrogen (secondary N) is 1. The van der Waals surface area contributed by atoms with E-state index in [1.54, 1.807) is 26.8 Å². The summed E-state index contributed by atoms with van der Waals surface area (Å²) in [5.41, 5.74) is -2.05. The van der Waals surface area contributed by atoms with Crippen molar-refractivity contribution in [2.45, 2.75) is 55.6 Å². The van der Waals surface area contributed by atoms with Gasteiger partial charge in [-0.05, 0) is 74.5 Å². The van der Waals surface area contributed by atoms with Gasteiger partial charge in [0.1, 0.15) is 33.1 Å². The summed E-state index contributed by atoms with van der Waals surface area (Å²) in [5.74, 6) is -2.25. The normalized spacial score (nSPS) is 20.4. The van der Waals surface area contributed by atoms with Crippen LogP contribution < -0.4 is 4.72 Å². The first-order valence-electron chi connectivity index (χ1n) is 8.94. The van der Waals surface area contributed by atoms with E-state index in [-0.39, 0.29) is 10.3 Å². The Morgan fingerprint density at radius 1 is 1.38 bits per heavy atom. The maximum absolute atomic E-state index is 14.7. The molecule has 0 amide bonds. The van der Waals surface area contributed by atoms with Crippen LogP contribution >= 0.6 is 15.9 Å². The molecule has 1 aromatic heterocycles. The van der Waals surface area contributed by atoms with Crippen molar-refractivity contribution in [3.8, 4) is 6.07 Å². The second-order valence-corrected chi connectivity index (χ2v) is 13.5. The van der Waals surface area contributed by atoms with E-state index in [1.165, 1.54) is 13.0 Å². The second-order valence-electron chi connectivity index (χ2n) is 8.45. The van der Waals surface area contributed by atoms with Crippen molar-refractivity contribution in [2.24, 2.45) is 5.92 Å². The van der Waals surface area contributed by atoms with Gasteiger partial charge in [-0.15, -0.1) is 4.72 Å². The lowest BCUT2D eigenvalue weighted by Crippen LogP contribution is -2.57. The van der Waals surface area contributed by atoms with Gasteiger partial charge >= 0.3 is 0 Å². The average Bonchev–Trinajstić information content (AvgIpc) is 3.42. The Kier molecular flexibility index (Phi) is 7.07. The molecule has 1 aromatic rings. The number of alkyl halides is 1. The van der Waals surface area contributed by atoms with E-state index in [2.05, 4.69) is 25.6 Å². The molecule has 0 aromatic carbocycles. The van der Waals surface area contributed by atoms with Gasteiger partial charge in [0.05, 0.1) is 11.8 Å². The molecule has 1 saturated carbocycles. The van der Waals surface area contributed by atoms with Crippen molar-refractivity contribution in [2.75, 3.05) is 12.4 Å². The zero-order valence-corrected chi connectivity index (χ0v) is 19.8. The van der Waals surface area contributed by atoms with Crippen LogP contribution in [0.4, 0.5) is 8.78 Å². The molecule has 0 bridgehead atoms. The summed E-state index contributed by atoms with van der Waals surface area (Å²) in [6.45, 7) is 4.99. The molecule has 0 aliphatic heterocycles. The third-order valence-electron chi connectivity index (χ3n) is 4.87. The number of aromatic nitrogens is 1. The number of nitrogens with zero attached hydrogens (tertiary/aromatic N) is 2. The highest BCUT2D eigenvalue weighted by molar-refractivity contribution is 9.10. The van der Waals surface area contributed by atoms with E-state index in [0.29, 0.717) is 12.8 Å². The fourth-order valence-electron chi connectivity index (χ4n) is 3.00. The molecule has 1 aliphatic rings. The molecule has 29 heavy (non-hydrogen) atoms. The number of nitriles is 1. The molecule has 162 valence electrons. The number of halogens is 3. The first-order chi connectivity index (χ1) is 13.2. The van der Waals surface area contributed by atoms with Gasteiger partial charge in [-0.25, -0.2) is 22.2 Å². The van der Waals surface area contributed by atoms with E-state index in [0.717, 1.165) is 6.07 Å². The number of hydrogen-bond acceptors (Lipinski definition) is 6. The molecule has 0 spiro atoms. The highest BCUT2D eigenvalue weighted by Gasteiger charge is 2.58. The van der Waals surface area contributed by atoms with Crippen molar-refractivity contribution >= 4 is 37.1 Å². The van der Waals surface area contributed by atoms with Crippen LogP contribution in [0.2, 0.25) is 0 Å². The first kappa shape index (κ1) is 24.5. The fraction of sp³-hybridized carbons (Fsp3) is 0.667. The van der Waals surface area contributed by atoms with Crippen LogP contribution in [0.1, 0.15) is 46.2 Å². The standard InChI is InChI=1S/C18H24BrF2N3O3S2/c1-16(2,3)28(25)24-17(4,15-13(21)7-8-14(19)23-15)11-29(26,27)18(9-20,10-22)12-5-6-12/h7-8,12,24H,5-6,9,11H2,1-4H3. The van der Waals surface area contributed by atoms with Crippen molar-refractivity contribution in [1.82, 2.24) is 9.71 Å². The molecule has 1 aliphatic carbocycles. The van der Waals surface area contributed by atoms with Gasteiger partial charge in [-0.2, -0.15) is 5.26 Å². The van der Waals surface area contributed by atoms with Crippen LogP contribution in [0.15, 0.2) is 16.7 Å². The van der Waals surface area contributed by atoms with Crippen LogP contribution in [0.5, 0.6) is 0 Å². The number of hydrogen-bond donors (Lipinski definition) is 1. The summed E-state index contributed by atoms with van der Waals surface area (Å²) >= 11 is 1.34. The lowest BCUT2D eigenvalue weighted by Gasteiger charge is -2.36. The highest BCUT2D eigenvalue weighted by atomic mass is 79.9. The van der Waals surface area contributed by atoms with Crippen molar-refractivity contribution in [3.05, 3.63) is 28.2 Å². The van der Waals surface area contributed by atoms with Gasteiger partial charge < -0.3 is 4.55 Å². The van der Waals surface area contributed by atoms with Crippen LogP contribution in [-0.2, 0) is 26.7 Å². The molecule has 3 unspecified atom stereocenters. The Hall–Kier alpha value is -0.800. The SMILES string of the molecule is CC(CS(=O)(=O)C(C#N)(CF)C1CC1)(N[S+]([O-])C(C)(C)C)c1nc(Br)ccc1F. The Morgan fingerprint density at radius 3 is 2.41 bits per heavy atom. The topological polar surface area (TPSA) is 106 Å². The summed E-state index contributed by atoms with van der Waals surface area (Å²) < 4.78 is 67.8. The monoisotopic (exact) mass is 511 g/mol. The number of sulfone groups is 1. The third kappa shape index (κ3) is 4.93. The molecule has 0 radical (unpaired) electrons. The largest absolute Gasteiger partial charge is 0.598 e. The average molecular weight is 512 g/mol. The zero-order chi connectivity index (χ0) is 22.3. The van der Waals surface area contributed by atoms with Crippen LogP contribution in [0.25, 0.3) is 0 Å².